The first kappa shape index (κ1) is 91.4. The molecule has 0 amide bonds. The summed E-state index contributed by atoms with van der Waals surface area (Å²) < 4.78 is 4.06. The number of aromatic nitrogens is 7. The van der Waals surface area contributed by atoms with E-state index < -0.39 is 0 Å². The number of benzene rings is 9. The van der Waals surface area contributed by atoms with Gasteiger partial charge in [0.1, 0.15) is 5.82 Å². The van der Waals surface area contributed by atoms with Crippen LogP contribution in [0.1, 0.15) is 198 Å². The summed E-state index contributed by atoms with van der Waals surface area (Å²) in [6, 6.07) is 86.7. The van der Waals surface area contributed by atoms with E-state index in [0.717, 1.165) is 69.5 Å². The van der Waals surface area contributed by atoms with E-state index in [0.29, 0.717) is 0 Å². The fraction of sp³-hybridized carbons (Fsp3) is 0.323. The van der Waals surface area contributed by atoms with Gasteiger partial charge in [-0.2, -0.15) is 5.10 Å². The van der Waals surface area contributed by atoms with Crippen molar-refractivity contribution >= 4 is 10.8 Å². The molecule has 0 saturated heterocycles. The molecule has 13 aromatic rings. The van der Waals surface area contributed by atoms with Gasteiger partial charge in [0.05, 0.1) is 11.6 Å². The summed E-state index contributed by atoms with van der Waals surface area (Å²) >= 11 is 0. The number of aryl methyl sites for hydroxylation is 6. The predicted molar refractivity (Wildman–Crippen MR) is 448 cm³/mol. The molecule has 0 saturated carbocycles. The molecular weight excluding hydrogens is 2060 g/mol. The van der Waals surface area contributed by atoms with E-state index in [-0.39, 0.29) is 96.7 Å². The molecule has 11 heteroatoms. The Morgan fingerprint density at radius 2 is 0.936 bits per heavy atom. The van der Waals surface area contributed by atoms with Gasteiger partial charge in [-0.25, -0.2) is 0 Å². The van der Waals surface area contributed by atoms with Crippen LogP contribution < -0.4 is 0 Å². The average Bonchev–Trinajstić information content (AvgIpc) is 1.58. The van der Waals surface area contributed by atoms with Crippen LogP contribution in [0, 0.1) is 38.1 Å². The standard InChI is InChI=1S/C38H42N3.C23H27N2.C19H18N.C19H24N.4Ir/c1-9-11-35-39-36(41(8)40-35)29-13-10-12-28(22-29)32-24-30(26-14-18-33(19-15-26)37(2,3)4)23-31(25-32)27-16-20-34(21-17-27)38(5,6)7;1-4-5-6-8-11-20-16-18(2)22(19(3)17-20)25-15-14-24-23(25)21-12-9-7-10-13-21;1-19(2,3)16-10-8-15(9-11-16)18-17-7-5-4-6-14(17)12-13-20-18;1-2-3-4-5-6-7-10-17-12-14-18(15-13-17)19-11-8-9-16-20-19;;;;/h10,12,14-25H,9,11H2,1-8H3;7,9-10,12,14-17H,4-6,8,11H2,1-3H3;4-8,10-13H,1-3H3;8-9,11-14,16H,2-7,10H2,1H3;;;;/q4*-1;;;;. The largest absolute Gasteiger partial charge is 0.340 e. The molecule has 0 aliphatic heterocycles. The molecule has 4 aromatic heterocycles. The van der Waals surface area contributed by atoms with Crippen LogP contribution in [-0.2, 0) is 123 Å². The van der Waals surface area contributed by atoms with E-state index in [1.54, 1.807) is 0 Å². The Balaban J connectivity index is 0.000000238. The second kappa shape index (κ2) is 44.1. The summed E-state index contributed by atoms with van der Waals surface area (Å²) in [5.74, 6) is 2.68. The number of imidazole rings is 1. The summed E-state index contributed by atoms with van der Waals surface area (Å²) in [6.45, 7) is 31.3. The minimum atomic E-state index is 0. The maximum Gasteiger partial charge on any atom is 0.140 e. The molecule has 582 valence electrons. The van der Waals surface area contributed by atoms with Crippen molar-refractivity contribution in [3.05, 3.63) is 300 Å². The van der Waals surface area contributed by atoms with E-state index in [4.69, 9.17) is 4.98 Å². The molecule has 9 aromatic carbocycles. The molecule has 0 spiro atoms. The predicted octanol–water partition coefficient (Wildman–Crippen LogP) is 26.4. The van der Waals surface area contributed by atoms with Crippen molar-refractivity contribution in [2.75, 3.05) is 0 Å². The van der Waals surface area contributed by atoms with Crippen LogP contribution >= 0.6 is 0 Å². The van der Waals surface area contributed by atoms with Crippen molar-refractivity contribution in [3.8, 4) is 84.4 Å². The van der Waals surface area contributed by atoms with Crippen LogP contribution in [0.2, 0.25) is 0 Å². The first-order chi connectivity index (χ1) is 51.1. The van der Waals surface area contributed by atoms with Crippen molar-refractivity contribution in [2.45, 2.75) is 203 Å². The zero-order valence-corrected chi connectivity index (χ0v) is 76.9. The summed E-state index contributed by atoms with van der Waals surface area (Å²) in [7, 11) is 1.96. The Morgan fingerprint density at radius 3 is 1.50 bits per heavy atom. The van der Waals surface area contributed by atoms with Crippen LogP contribution in [0.5, 0.6) is 0 Å². The smallest absolute Gasteiger partial charge is 0.140 e. The maximum absolute atomic E-state index is 4.81. The Hall–Kier alpha value is -7.51. The second-order valence-electron chi connectivity index (χ2n) is 31.4. The monoisotopic (exact) mass is 2170 g/mol. The van der Waals surface area contributed by atoms with Crippen molar-refractivity contribution in [2.24, 2.45) is 7.05 Å². The molecule has 13 rings (SSSR count). The molecule has 0 aliphatic carbocycles. The van der Waals surface area contributed by atoms with Crippen molar-refractivity contribution in [1.29, 1.82) is 0 Å². The van der Waals surface area contributed by atoms with Gasteiger partial charge in [0.25, 0.3) is 0 Å². The molecule has 0 N–H and O–H groups in total. The van der Waals surface area contributed by atoms with E-state index in [1.165, 1.54) is 160 Å². The Bertz CT molecular complexity index is 4770. The molecule has 110 heavy (non-hydrogen) atoms. The molecular formula is C99H111Ir4N7-4. The van der Waals surface area contributed by atoms with Gasteiger partial charge in [-0.3, -0.25) is 14.6 Å². The van der Waals surface area contributed by atoms with Gasteiger partial charge in [-0.1, -0.05) is 244 Å². The Morgan fingerprint density at radius 1 is 0.382 bits per heavy atom. The molecule has 0 fully saturated rings. The normalized spacial score (nSPS) is 11.1. The zero-order valence-electron chi connectivity index (χ0n) is 67.3. The number of nitrogens with zero attached hydrogens (tertiary/aromatic N) is 7. The summed E-state index contributed by atoms with van der Waals surface area (Å²) in [4.78, 5) is 18.3. The van der Waals surface area contributed by atoms with Gasteiger partial charge in [-0.05, 0) is 157 Å². The van der Waals surface area contributed by atoms with Gasteiger partial charge < -0.3 is 14.5 Å². The van der Waals surface area contributed by atoms with Gasteiger partial charge in [-0.15, -0.1) is 142 Å². The molecule has 0 bridgehead atoms. The third-order valence-electron chi connectivity index (χ3n) is 19.7. The van der Waals surface area contributed by atoms with Gasteiger partial charge in [0, 0.05) is 124 Å². The minimum Gasteiger partial charge on any atom is -0.340 e. The molecule has 0 unspecified atom stereocenters. The van der Waals surface area contributed by atoms with Gasteiger partial charge in [0.15, 0.2) is 0 Å². The van der Waals surface area contributed by atoms with Crippen molar-refractivity contribution in [3.63, 3.8) is 0 Å². The fourth-order valence-electron chi connectivity index (χ4n) is 13.5. The first-order valence-corrected chi connectivity index (χ1v) is 38.8. The topological polar surface area (TPSA) is 74.3 Å². The summed E-state index contributed by atoms with van der Waals surface area (Å²) in [5, 5.41) is 7.01. The van der Waals surface area contributed by atoms with Crippen LogP contribution in [0.4, 0.5) is 0 Å². The zero-order chi connectivity index (χ0) is 75.2. The van der Waals surface area contributed by atoms with Crippen LogP contribution in [0.15, 0.2) is 231 Å². The second-order valence-corrected chi connectivity index (χ2v) is 31.4. The number of hydrogen-bond donors (Lipinski definition) is 0. The number of unbranched alkanes of at least 4 members (excludes halogenated alkanes) is 8. The number of pyridine rings is 2. The summed E-state index contributed by atoms with van der Waals surface area (Å²) in [5.41, 5.74) is 24.3. The molecule has 0 aliphatic rings. The fourth-order valence-corrected chi connectivity index (χ4v) is 13.5. The molecule has 4 radical (unpaired) electrons. The minimum absolute atomic E-state index is 0. The molecule has 0 atom stereocenters. The molecule has 7 nitrogen and oxygen atoms in total. The SMILES string of the molecule is CC(C)(C)c1c[c-]c(-c2nccc3ccccc23)cc1.CCCCCCCCc1c[c-]c(-c2ccccn2)cc1.CCCCCCc1cc(C)c(-n2ccnc2-c2[c-]cccc2)c(C)c1.CCCc1nc(-c2[c-]ccc(-c3cc(-c4ccc(C(C)(C)C)cc4)cc(-c4ccc(C(C)(C)C)cc4)c3)c2)n(C)n1.[Ir].[Ir].[Ir].[Ir]. The number of hydrogen-bond acceptors (Lipinski definition) is 5. The van der Waals surface area contributed by atoms with E-state index in [2.05, 4.69) is 304 Å². The quantitative estimate of drug-likeness (QED) is 0.0499. The van der Waals surface area contributed by atoms with E-state index in [1.807, 2.05) is 85.0 Å². The third kappa shape index (κ3) is 25.8. The molecule has 4 heterocycles. The Kier molecular flexibility index (Phi) is 36.6. The maximum atomic E-state index is 4.81. The van der Waals surface area contributed by atoms with Gasteiger partial charge in [0.2, 0.25) is 0 Å². The Labute approximate surface area is 713 Å². The van der Waals surface area contributed by atoms with Crippen LogP contribution in [0.3, 0.4) is 0 Å². The number of rotatable bonds is 22. The summed E-state index contributed by atoms with van der Waals surface area (Å²) in [6.07, 6.45) is 25.2. The van der Waals surface area contributed by atoms with Crippen molar-refractivity contribution in [1.82, 2.24) is 34.3 Å². The average molecular weight is 2170 g/mol. The third-order valence-corrected chi connectivity index (χ3v) is 19.7. The van der Waals surface area contributed by atoms with Crippen LogP contribution in [0.25, 0.3) is 95.1 Å². The first-order valence-electron chi connectivity index (χ1n) is 38.8. The van der Waals surface area contributed by atoms with Crippen molar-refractivity contribution < 1.29 is 80.4 Å². The van der Waals surface area contributed by atoms with Gasteiger partial charge >= 0.3 is 0 Å². The van der Waals surface area contributed by atoms with Crippen LogP contribution in [-0.4, -0.2) is 34.3 Å². The van der Waals surface area contributed by atoms with E-state index in [9.17, 15) is 0 Å². The van der Waals surface area contributed by atoms with E-state index >= 15 is 0 Å². The number of fused-ring (bicyclic) bond motifs is 1.